The first-order valence-electron chi connectivity index (χ1n) is 4.84. The lowest BCUT2D eigenvalue weighted by Gasteiger charge is -2.34. The molecule has 16 heavy (non-hydrogen) atoms. The fourth-order valence-electron chi connectivity index (χ4n) is 1.70. The second-order valence-corrected chi connectivity index (χ2v) is 4.81. The molecule has 1 aliphatic heterocycles. The third kappa shape index (κ3) is 4.32. The van der Waals surface area contributed by atoms with Gasteiger partial charge in [0.2, 0.25) is 0 Å². The molecule has 96 valence electrons. The molecule has 1 rings (SSSR count). The van der Waals surface area contributed by atoms with E-state index in [-0.39, 0.29) is 18.8 Å². The smallest absolute Gasteiger partial charge is 0.333 e. The van der Waals surface area contributed by atoms with Gasteiger partial charge in [0.05, 0.1) is 31.5 Å². The third-order valence-electron chi connectivity index (χ3n) is 2.41. The predicted molar refractivity (Wildman–Crippen MR) is 55.5 cm³/mol. The quantitative estimate of drug-likeness (QED) is 0.624. The summed E-state index contributed by atoms with van der Waals surface area (Å²) in [7, 11) is -1.19. The van der Waals surface area contributed by atoms with Gasteiger partial charge < -0.3 is 14.2 Å². The second-order valence-electron chi connectivity index (χ2n) is 3.62. The topological polar surface area (TPSA) is 94.1 Å². The van der Waals surface area contributed by atoms with Crippen molar-refractivity contribution in [2.45, 2.75) is 24.7 Å². The van der Waals surface area contributed by atoms with Crippen LogP contribution in [0.4, 0.5) is 0 Å². The zero-order valence-corrected chi connectivity index (χ0v) is 10.1. The van der Waals surface area contributed by atoms with E-state index in [1.54, 1.807) is 7.11 Å². The van der Waals surface area contributed by atoms with Crippen molar-refractivity contribution in [3.63, 3.8) is 0 Å². The van der Waals surface area contributed by atoms with E-state index in [0.717, 1.165) is 0 Å². The Kier molecular flexibility index (Phi) is 5.09. The average molecular weight is 255 g/mol. The summed E-state index contributed by atoms with van der Waals surface area (Å²) in [6.45, 7) is 0.574. The zero-order chi connectivity index (χ0) is 12.2. The van der Waals surface area contributed by atoms with Crippen LogP contribution in [0.1, 0.15) is 6.42 Å². The van der Waals surface area contributed by atoms with Gasteiger partial charge in [-0.3, -0.25) is 4.55 Å². The van der Waals surface area contributed by atoms with Crippen LogP contribution in [-0.4, -0.2) is 58.7 Å². The SMILES string of the molecule is COCC1C[C@@H](OC)C(NS(=O)(=O)O)CO1. The third-order valence-corrected chi connectivity index (χ3v) is 3.01. The Bertz CT molecular complexity index is 306. The fourth-order valence-corrected chi connectivity index (χ4v) is 2.30. The van der Waals surface area contributed by atoms with Gasteiger partial charge in [-0.05, 0) is 0 Å². The van der Waals surface area contributed by atoms with Crippen LogP contribution < -0.4 is 4.72 Å². The van der Waals surface area contributed by atoms with Crippen molar-refractivity contribution < 1.29 is 27.2 Å². The molecule has 0 amide bonds. The molecule has 1 aliphatic rings. The van der Waals surface area contributed by atoms with Crippen LogP contribution in [0.5, 0.6) is 0 Å². The molecule has 1 heterocycles. The summed E-state index contributed by atoms with van der Waals surface area (Å²) < 4.78 is 47.6. The molecule has 0 aliphatic carbocycles. The minimum Gasteiger partial charge on any atom is -0.382 e. The van der Waals surface area contributed by atoms with Gasteiger partial charge in [0.25, 0.3) is 0 Å². The Morgan fingerprint density at radius 3 is 2.69 bits per heavy atom. The van der Waals surface area contributed by atoms with Crippen molar-refractivity contribution in [1.82, 2.24) is 4.72 Å². The van der Waals surface area contributed by atoms with E-state index in [4.69, 9.17) is 18.8 Å². The lowest BCUT2D eigenvalue weighted by atomic mass is 10.0. The highest BCUT2D eigenvalue weighted by molar-refractivity contribution is 7.83. The normalized spacial score (nSPS) is 31.6. The zero-order valence-electron chi connectivity index (χ0n) is 9.25. The maximum absolute atomic E-state index is 10.7. The summed E-state index contributed by atoms with van der Waals surface area (Å²) in [5.41, 5.74) is 0. The van der Waals surface area contributed by atoms with Crippen LogP contribution in [0, 0.1) is 0 Å². The van der Waals surface area contributed by atoms with Crippen LogP contribution in [0.3, 0.4) is 0 Å². The molecule has 0 bridgehead atoms. The lowest BCUT2D eigenvalue weighted by molar-refractivity contribution is -0.0961. The van der Waals surface area contributed by atoms with Gasteiger partial charge >= 0.3 is 10.3 Å². The second kappa shape index (κ2) is 5.89. The predicted octanol–water partition coefficient (Wildman–Crippen LogP) is -0.802. The van der Waals surface area contributed by atoms with Gasteiger partial charge in [0.15, 0.2) is 0 Å². The lowest BCUT2D eigenvalue weighted by Crippen LogP contribution is -2.52. The van der Waals surface area contributed by atoms with Gasteiger partial charge in [-0.25, -0.2) is 0 Å². The first kappa shape index (κ1) is 13.8. The number of hydrogen-bond acceptors (Lipinski definition) is 5. The molecular weight excluding hydrogens is 238 g/mol. The van der Waals surface area contributed by atoms with Crippen molar-refractivity contribution in [2.24, 2.45) is 0 Å². The van der Waals surface area contributed by atoms with Crippen molar-refractivity contribution in [1.29, 1.82) is 0 Å². The molecule has 1 fully saturated rings. The van der Waals surface area contributed by atoms with Gasteiger partial charge in [0.1, 0.15) is 0 Å². The minimum atomic E-state index is -4.24. The first-order valence-corrected chi connectivity index (χ1v) is 6.28. The van der Waals surface area contributed by atoms with E-state index in [9.17, 15) is 8.42 Å². The van der Waals surface area contributed by atoms with E-state index >= 15 is 0 Å². The van der Waals surface area contributed by atoms with Gasteiger partial charge in [-0.15, -0.1) is 0 Å². The minimum absolute atomic E-state index is 0.116. The summed E-state index contributed by atoms with van der Waals surface area (Å²) in [6, 6.07) is -0.576. The Morgan fingerprint density at radius 2 is 2.19 bits per heavy atom. The van der Waals surface area contributed by atoms with E-state index in [1.165, 1.54) is 7.11 Å². The monoisotopic (exact) mass is 255 g/mol. The molecule has 0 aromatic carbocycles. The van der Waals surface area contributed by atoms with Crippen LogP contribution in [0.15, 0.2) is 0 Å². The molecule has 0 spiro atoms. The van der Waals surface area contributed by atoms with E-state index in [0.29, 0.717) is 13.0 Å². The van der Waals surface area contributed by atoms with Crippen molar-refractivity contribution in [3.05, 3.63) is 0 Å². The number of ether oxygens (including phenoxy) is 3. The van der Waals surface area contributed by atoms with Crippen molar-refractivity contribution in [3.8, 4) is 0 Å². The highest BCUT2D eigenvalue weighted by Gasteiger charge is 2.33. The Hall–Kier alpha value is -0.250. The summed E-state index contributed by atoms with van der Waals surface area (Å²) in [5, 5.41) is 0. The summed E-state index contributed by atoms with van der Waals surface area (Å²) in [5.74, 6) is 0. The highest BCUT2D eigenvalue weighted by Crippen LogP contribution is 2.17. The molecule has 0 radical (unpaired) electrons. The first-order chi connectivity index (χ1) is 7.46. The van der Waals surface area contributed by atoms with E-state index in [1.807, 2.05) is 0 Å². The van der Waals surface area contributed by atoms with Crippen LogP contribution in [0.25, 0.3) is 0 Å². The number of rotatable bonds is 5. The molecule has 1 saturated heterocycles. The average Bonchev–Trinajstić information content (AvgIpc) is 2.18. The van der Waals surface area contributed by atoms with E-state index < -0.39 is 16.3 Å². The Balaban J connectivity index is 2.55. The fraction of sp³-hybridized carbons (Fsp3) is 1.00. The number of hydrogen-bond donors (Lipinski definition) is 2. The number of nitrogens with one attached hydrogen (secondary N) is 1. The Morgan fingerprint density at radius 1 is 1.50 bits per heavy atom. The number of methoxy groups -OCH3 is 2. The molecule has 3 atom stereocenters. The van der Waals surface area contributed by atoms with Gasteiger partial charge in [0, 0.05) is 20.6 Å². The van der Waals surface area contributed by atoms with E-state index in [2.05, 4.69) is 4.72 Å². The molecule has 0 aromatic heterocycles. The van der Waals surface area contributed by atoms with Crippen molar-refractivity contribution in [2.75, 3.05) is 27.4 Å². The van der Waals surface area contributed by atoms with Gasteiger partial charge in [-0.2, -0.15) is 13.1 Å². The molecule has 0 aromatic rings. The summed E-state index contributed by atoms with van der Waals surface area (Å²) in [4.78, 5) is 0. The molecule has 2 N–H and O–H groups in total. The Labute approximate surface area is 94.9 Å². The highest BCUT2D eigenvalue weighted by atomic mass is 32.2. The summed E-state index contributed by atoms with van der Waals surface area (Å²) in [6.07, 6.45) is 0.0579. The molecule has 2 unspecified atom stereocenters. The van der Waals surface area contributed by atoms with Crippen LogP contribution in [0.2, 0.25) is 0 Å². The maximum atomic E-state index is 10.7. The van der Waals surface area contributed by atoms with Crippen molar-refractivity contribution >= 4 is 10.3 Å². The largest absolute Gasteiger partial charge is 0.382 e. The maximum Gasteiger partial charge on any atom is 0.333 e. The molecule has 7 nitrogen and oxygen atoms in total. The molecule has 0 saturated carbocycles. The molecule has 8 heteroatoms. The van der Waals surface area contributed by atoms with Crippen LogP contribution >= 0.6 is 0 Å². The standard InChI is InChI=1S/C8H17NO6S/c1-13-4-6-3-8(14-2)7(5-15-6)9-16(10,11)12/h6-9H,3-5H2,1-2H3,(H,10,11,12)/t6?,7?,8-/m1/s1. The molecular formula is C8H17NO6S. The van der Waals surface area contributed by atoms with Crippen LogP contribution in [-0.2, 0) is 24.5 Å². The van der Waals surface area contributed by atoms with Gasteiger partial charge in [-0.1, -0.05) is 0 Å². The summed E-state index contributed by atoms with van der Waals surface area (Å²) >= 11 is 0.